The zero-order valence-corrected chi connectivity index (χ0v) is 16.1. The molecule has 2 aliphatic heterocycles. The van der Waals surface area contributed by atoms with Crippen LogP contribution in [0.3, 0.4) is 0 Å². The fraction of sp³-hybridized carbons (Fsp3) is 0.533. The van der Waals surface area contributed by atoms with Crippen LogP contribution in [0.15, 0.2) is 16.3 Å². The lowest BCUT2D eigenvalue weighted by Gasteiger charge is -2.48. The molecule has 146 valence electrons. The smallest absolute Gasteiger partial charge is 0.352 e. The van der Waals surface area contributed by atoms with Crippen LogP contribution in [0.25, 0.3) is 0 Å². The number of H-pyrrole nitrogens is 1. The van der Waals surface area contributed by atoms with Crippen LogP contribution >= 0.6 is 23.5 Å². The number of hydrogen-bond donors (Lipinski definition) is 3. The zero-order valence-electron chi connectivity index (χ0n) is 14.5. The number of hydrogen-bond acceptors (Lipinski definition) is 9. The molecule has 0 radical (unpaired) electrons. The van der Waals surface area contributed by atoms with Gasteiger partial charge in [-0.1, -0.05) is 5.21 Å². The monoisotopic (exact) mass is 413 g/mol. The first kappa shape index (κ1) is 19.7. The first-order valence-corrected chi connectivity index (χ1v) is 10.3. The van der Waals surface area contributed by atoms with Gasteiger partial charge in [0.05, 0.1) is 18.7 Å². The maximum atomic E-state index is 12.0. The summed E-state index contributed by atoms with van der Waals surface area (Å²) in [4.78, 5) is 36.4. The maximum absolute atomic E-state index is 12.0. The Kier molecular flexibility index (Phi) is 6.07. The minimum atomic E-state index is -1.14. The Balaban J connectivity index is 1.68. The lowest BCUT2D eigenvalue weighted by Crippen LogP contribution is -2.68. The van der Waals surface area contributed by atoms with Gasteiger partial charge >= 0.3 is 11.9 Å². The van der Waals surface area contributed by atoms with Crippen LogP contribution in [0, 0.1) is 0 Å². The number of aryl methyl sites for hydroxylation is 1. The van der Waals surface area contributed by atoms with Crippen LogP contribution < -0.4 is 5.73 Å². The highest BCUT2D eigenvalue weighted by Gasteiger charge is 2.51. The van der Waals surface area contributed by atoms with Crippen molar-refractivity contribution < 1.29 is 24.2 Å². The predicted molar refractivity (Wildman–Crippen MR) is 97.8 cm³/mol. The lowest BCUT2D eigenvalue weighted by molar-refractivity contribution is -0.147. The number of amides is 1. The molecule has 0 bridgehead atoms. The molecule has 3 rings (SSSR count). The summed E-state index contributed by atoms with van der Waals surface area (Å²) in [6, 6.07) is -0.648. The number of fused-ring (bicyclic) bond motifs is 1. The number of ether oxygens (including phenoxy) is 1. The van der Waals surface area contributed by atoms with Crippen molar-refractivity contribution in [3.8, 4) is 0 Å². The van der Waals surface area contributed by atoms with E-state index in [1.54, 1.807) is 6.92 Å². The molecular weight excluding hydrogens is 394 g/mol. The maximum Gasteiger partial charge on any atom is 0.352 e. The Morgan fingerprint density at radius 2 is 2.30 bits per heavy atom. The molecule has 1 unspecified atom stereocenters. The Morgan fingerprint density at radius 1 is 1.52 bits per heavy atom. The van der Waals surface area contributed by atoms with Crippen molar-refractivity contribution >= 4 is 41.4 Å². The number of carbonyl (C=O) groups excluding carboxylic acids is 2. The second-order valence-electron chi connectivity index (χ2n) is 5.87. The van der Waals surface area contributed by atoms with Gasteiger partial charge in [0.2, 0.25) is 5.91 Å². The third kappa shape index (κ3) is 3.96. The van der Waals surface area contributed by atoms with E-state index < -0.39 is 12.0 Å². The van der Waals surface area contributed by atoms with Crippen LogP contribution in [0.4, 0.5) is 0 Å². The standard InChI is InChI=1S/C15H19N5O5S2/c1-2-25-9(21)4-3-8-12(18-19-17-8)26-5-7-6-27-14-10(16)13(22)20(14)11(7)15(23)24/h10,14H,2-6,16H2,1H3,(H,23,24)(H,17,18,19)/t10?,14-/m0/s1. The second kappa shape index (κ2) is 8.31. The highest BCUT2D eigenvalue weighted by molar-refractivity contribution is 8.01. The Bertz CT molecular complexity index is 795. The highest BCUT2D eigenvalue weighted by Crippen LogP contribution is 2.40. The molecule has 0 saturated carbocycles. The fourth-order valence-corrected chi connectivity index (χ4v) is 5.22. The van der Waals surface area contributed by atoms with E-state index in [2.05, 4.69) is 15.4 Å². The molecule has 1 fully saturated rings. The topological polar surface area (TPSA) is 152 Å². The minimum absolute atomic E-state index is 0.0125. The number of carbonyl (C=O) groups is 3. The van der Waals surface area contributed by atoms with E-state index in [-0.39, 0.29) is 29.4 Å². The summed E-state index contributed by atoms with van der Waals surface area (Å²) >= 11 is 2.80. The summed E-state index contributed by atoms with van der Waals surface area (Å²) in [5, 5.41) is 20.4. The van der Waals surface area contributed by atoms with E-state index in [0.717, 1.165) is 0 Å². The van der Waals surface area contributed by atoms with Gasteiger partial charge in [0.25, 0.3) is 0 Å². The molecule has 1 amide bonds. The zero-order chi connectivity index (χ0) is 19.6. The van der Waals surface area contributed by atoms with Crippen LogP contribution in [0.2, 0.25) is 0 Å². The van der Waals surface area contributed by atoms with Crippen LogP contribution in [-0.2, 0) is 25.5 Å². The molecule has 2 aliphatic rings. The number of thioether (sulfide) groups is 2. The summed E-state index contributed by atoms with van der Waals surface area (Å²) in [6.45, 7) is 2.06. The Morgan fingerprint density at radius 3 is 3.00 bits per heavy atom. The van der Waals surface area contributed by atoms with Gasteiger partial charge in [-0.3, -0.25) is 19.6 Å². The number of nitrogens with two attached hydrogens (primary N) is 1. The van der Waals surface area contributed by atoms with Crippen molar-refractivity contribution in [1.29, 1.82) is 0 Å². The average Bonchev–Trinajstić information content (AvgIpc) is 3.10. The molecule has 0 aliphatic carbocycles. The Labute approximate surface area is 163 Å². The third-order valence-corrected chi connectivity index (χ3v) is 6.61. The van der Waals surface area contributed by atoms with Gasteiger partial charge in [-0.2, -0.15) is 0 Å². The van der Waals surface area contributed by atoms with E-state index in [1.807, 2.05) is 0 Å². The molecule has 10 nitrogen and oxygen atoms in total. The van der Waals surface area contributed by atoms with Gasteiger partial charge in [0.1, 0.15) is 22.1 Å². The number of aliphatic carboxylic acids is 1. The number of nitrogens with zero attached hydrogens (tertiary/aromatic N) is 3. The number of nitrogens with one attached hydrogen (secondary N) is 1. The average molecular weight is 413 g/mol. The normalized spacial score (nSPS) is 21.7. The SMILES string of the molecule is CCOC(=O)CCc1nn[nH]c1SCC1=C(C(=O)O)N2C(=O)C(N)[C@@H]2SC1. The van der Waals surface area contributed by atoms with Gasteiger partial charge in [0.15, 0.2) is 0 Å². The fourth-order valence-electron chi connectivity index (χ4n) is 2.82. The van der Waals surface area contributed by atoms with E-state index in [9.17, 15) is 19.5 Å². The minimum Gasteiger partial charge on any atom is -0.477 e. The summed E-state index contributed by atoms with van der Waals surface area (Å²) in [6.07, 6.45) is 0.563. The third-order valence-electron chi connectivity index (χ3n) is 4.14. The van der Waals surface area contributed by atoms with Crippen LogP contribution in [0.1, 0.15) is 19.0 Å². The van der Waals surface area contributed by atoms with Gasteiger partial charge in [-0.25, -0.2) is 4.79 Å². The molecule has 0 spiro atoms. The van der Waals surface area contributed by atoms with Gasteiger partial charge < -0.3 is 15.6 Å². The van der Waals surface area contributed by atoms with Crippen molar-refractivity contribution in [3.63, 3.8) is 0 Å². The molecule has 0 aromatic carbocycles. The first-order chi connectivity index (χ1) is 12.9. The van der Waals surface area contributed by atoms with Crippen LogP contribution in [0.5, 0.6) is 0 Å². The van der Waals surface area contributed by atoms with Crippen molar-refractivity contribution in [1.82, 2.24) is 20.3 Å². The molecular formula is C15H19N5O5S2. The number of aromatic amines is 1. The van der Waals surface area contributed by atoms with Gasteiger partial charge in [-0.05, 0) is 12.5 Å². The van der Waals surface area contributed by atoms with Crippen molar-refractivity contribution in [2.75, 3.05) is 18.1 Å². The number of carboxylic acid groups (broad SMARTS) is 1. The van der Waals surface area contributed by atoms with Crippen molar-refractivity contribution in [2.24, 2.45) is 5.73 Å². The Hall–Kier alpha value is -2.05. The van der Waals surface area contributed by atoms with Gasteiger partial charge in [0, 0.05) is 17.9 Å². The molecule has 12 heteroatoms. The number of rotatable bonds is 8. The molecule has 2 atom stereocenters. The molecule has 4 N–H and O–H groups in total. The number of aromatic nitrogens is 3. The second-order valence-corrected chi connectivity index (χ2v) is 7.96. The molecule has 1 saturated heterocycles. The highest BCUT2D eigenvalue weighted by atomic mass is 32.2. The number of esters is 1. The van der Waals surface area contributed by atoms with Crippen molar-refractivity contribution in [3.05, 3.63) is 17.0 Å². The van der Waals surface area contributed by atoms with E-state index in [4.69, 9.17) is 10.5 Å². The summed E-state index contributed by atoms with van der Waals surface area (Å²) in [7, 11) is 0. The van der Waals surface area contributed by atoms with Crippen LogP contribution in [-0.4, -0.2) is 72.8 Å². The van der Waals surface area contributed by atoms with E-state index in [1.165, 1.54) is 28.4 Å². The van der Waals surface area contributed by atoms with E-state index >= 15 is 0 Å². The first-order valence-electron chi connectivity index (χ1n) is 8.28. The largest absolute Gasteiger partial charge is 0.477 e. The van der Waals surface area contributed by atoms with Gasteiger partial charge in [-0.15, -0.1) is 28.6 Å². The summed E-state index contributed by atoms with van der Waals surface area (Å²) in [5.41, 5.74) is 7.01. The molecule has 3 heterocycles. The quantitative estimate of drug-likeness (QED) is 0.301. The summed E-state index contributed by atoms with van der Waals surface area (Å²) in [5.74, 6) is -0.978. The summed E-state index contributed by atoms with van der Waals surface area (Å²) < 4.78 is 4.90. The predicted octanol–water partition coefficient (Wildman–Crippen LogP) is -0.0264. The molecule has 1 aromatic rings. The van der Waals surface area contributed by atoms with E-state index in [0.29, 0.717) is 40.8 Å². The van der Waals surface area contributed by atoms with Crippen molar-refractivity contribution in [2.45, 2.75) is 36.2 Å². The lowest BCUT2D eigenvalue weighted by atomic mass is 10.0. The molecule has 1 aromatic heterocycles. The molecule has 27 heavy (non-hydrogen) atoms. The number of β-lactam (4-membered cyclic amide) rings is 1. The number of carboxylic acids is 1.